The van der Waals surface area contributed by atoms with Crippen molar-refractivity contribution in [3.8, 4) is 0 Å². The molecular weight excluding hydrogens is 370 g/mol. The van der Waals surface area contributed by atoms with Gasteiger partial charge in [0.05, 0.1) is 15.2 Å². The average molecular weight is 381 g/mol. The van der Waals surface area contributed by atoms with Crippen molar-refractivity contribution in [1.82, 2.24) is 4.57 Å². The summed E-state index contributed by atoms with van der Waals surface area (Å²) in [4.78, 5) is 17.0. The molecule has 0 aliphatic rings. The van der Waals surface area contributed by atoms with Gasteiger partial charge < -0.3 is 4.57 Å². The molecule has 1 amide bonds. The fourth-order valence-corrected chi connectivity index (χ4v) is 4.08. The SMILES string of the molecule is C=CCn1c(=NC(=O)c2ccc(F)cc2)sc2cc(Cl)cc(Cl)c21. The Morgan fingerprint density at radius 1 is 1.29 bits per heavy atom. The second kappa shape index (κ2) is 6.89. The molecule has 0 spiro atoms. The van der Waals surface area contributed by atoms with Crippen LogP contribution in [0.15, 0.2) is 54.0 Å². The molecule has 0 aliphatic carbocycles. The van der Waals surface area contributed by atoms with Gasteiger partial charge in [0.2, 0.25) is 0 Å². The van der Waals surface area contributed by atoms with Crippen molar-refractivity contribution in [3.05, 3.63) is 75.3 Å². The van der Waals surface area contributed by atoms with Crippen LogP contribution < -0.4 is 4.80 Å². The van der Waals surface area contributed by atoms with Gasteiger partial charge in [-0.2, -0.15) is 4.99 Å². The van der Waals surface area contributed by atoms with Crippen LogP contribution in [0.4, 0.5) is 4.39 Å². The zero-order valence-electron chi connectivity index (χ0n) is 12.3. The normalized spacial score (nSPS) is 11.9. The molecule has 0 fully saturated rings. The number of aromatic nitrogens is 1. The van der Waals surface area contributed by atoms with Crippen molar-refractivity contribution in [2.24, 2.45) is 4.99 Å². The van der Waals surface area contributed by atoms with Crippen LogP contribution in [0.5, 0.6) is 0 Å². The van der Waals surface area contributed by atoms with Gasteiger partial charge in [-0.25, -0.2) is 4.39 Å². The number of thiazole rings is 1. The van der Waals surface area contributed by atoms with E-state index in [4.69, 9.17) is 23.2 Å². The largest absolute Gasteiger partial charge is 0.311 e. The summed E-state index contributed by atoms with van der Waals surface area (Å²) in [6, 6.07) is 8.66. The first-order valence-electron chi connectivity index (χ1n) is 6.93. The van der Waals surface area contributed by atoms with E-state index in [1.54, 1.807) is 22.8 Å². The van der Waals surface area contributed by atoms with Crippen LogP contribution >= 0.6 is 34.5 Å². The van der Waals surface area contributed by atoms with Gasteiger partial charge in [0, 0.05) is 17.1 Å². The van der Waals surface area contributed by atoms with E-state index in [2.05, 4.69) is 11.6 Å². The number of hydrogen-bond donors (Lipinski definition) is 0. The van der Waals surface area contributed by atoms with Crippen LogP contribution in [-0.4, -0.2) is 10.5 Å². The molecule has 24 heavy (non-hydrogen) atoms. The van der Waals surface area contributed by atoms with Crippen molar-refractivity contribution in [2.45, 2.75) is 6.54 Å². The average Bonchev–Trinajstić information content (AvgIpc) is 2.85. The zero-order valence-corrected chi connectivity index (χ0v) is 14.6. The van der Waals surface area contributed by atoms with E-state index in [1.807, 2.05) is 0 Å². The van der Waals surface area contributed by atoms with Crippen molar-refractivity contribution < 1.29 is 9.18 Å². The molecular formula is C17H11Cl2FN2OS. The van der Waals surface area contributed by atoms with Crippen molar-refractivity contribution in [3.63, 3.8) is 0 Å². The molecule has 3 nitrogen and oxygen atoms in total. The fourth-order valence-electron chi connectivity index (χ4n) is 2.26. The van der Waals surface area contributed by atoms with Gasteiger partial charge in [-0.05, 0) is 36.4 Å². The second-order valence-electron chi connectivity index (χ2n) is 4.94. The Labute approximate surface area is 151 Å². The Bertz CT molecular complexity index is 1010. The summed E-state index contributed by atoms with van der Waals surface area (Å²) >= 11 is 13.6. The molecule has 0 atom stereocenters. The third-order valence-electron chi connectivity index (χ3n) is 3.30. The first-order chi connectivity index (χ1) is 11.5. The van der Waals surface area contributed by atoms with Crippen molar-refractivity contribution >= 4 is 50.7 Å². The number of fused-ring (bicyclic) bond motifs is 1. The summed E-state index contributed by atoms with van der Waals surface area (Å²) in [5.74, 6) is -0.863. The Morgan fingerprint density at radius 2 is 2.00 bits per heavy atom. The molecule has 0 radical (unpaired) electrons. The molecule has 3 aromatic rings. The quantitative estimate of drug-likeness (QED) is 0.583. The minimum absolute atomic E-state index is 0.308. The lowest BCUT2D eigenvalue weighted by molar-refractivity contribution is 0.0998. The number of carbonyl (C=O) groups is 1. The molecule has 3 rings (SSSR count). The first-order valence-corrected chi connectivity index (χ1v) is 8.50. The molecule has 0 unspecified atom stereocenters. The maximum atomic E-state index is 13.0. The molecule has 1 heterocycles. The molecule has 122 valence electrons. The van der Waals surface area contributed by atoms with Gasteiger partial charge >= 0.3 is 0 Å². The van der Waals surface area contributed by atoms with Crippen LogP contribution in [-0.2, 0) is 6.54 Å². The number of carbonyl (C=O) groups excluding carboxylic acids is 1. The highest BCUT2D eigenvalue weighted by Crippen LogP contribution is 2.29. The topological polar surface area (TPSA) is 34.4 Å². The molecule has 0 bridgehead atoms. The number of halogens is 3. The number of rotatable bonds is 3. The van der Waals surface area contributed by atoms with E-state index in [0.29, 0.717) is 27.0 Å². The van der Waals surface area contributed by atoms with Crippen LogP contribution in [0.1, 0.15) is 10.4 Å². The van der Waals surface area contributed by atoms with Crippen LogP contribution in [0.25, 0.3) is 10.2 Å². The van der Waals surface area contributed by atoms with Gasteiger partial charge in [-0.3, -0.25) is 4.79 Å². The monoisotopic (exact) mass is 380 g/mol. The Hall–Kier alpha value is -1.95. The maximum absolute atomic E-state index is 13.0. The van der Waals surface area contributed by atoms with Gasteiger partial charge in [0.25, 0.3) is 5.91 Å². The van der Waals surface area contributed by atoms with E-state index >= 15 is 0 Å². The molecule has 0 saturated heterocycles. The third kappa shape index (κ3) is 3.29. The maximum Gasteiger partial charge on any atom is 0.279 e. The highest BCUT2D eigenvalue weighted by Gasteiger charge is 2.12. The predicted octanol–water partition coefficient (Wildman–Crippen LogP) is 5.08. The Kier molecular flexibility index (Phi) is 4.85. The van der Waals surface area contributed by atoms with E-state index in [1.165, 1.54) is 35.6 Å². The van der Waals surface area contributed by atoms with Crippen LogP contribution in [0.3, 0.4) is 0 Å². The number of hydrogen-bond acceptors (Lipinski definition) is 2. The minimum atomic E-state index is -0.457. The fraction of sp³-hybridized carbons (Fsp3) is 0.0588. The number of amides is 1. The summed E-state index contributed by atoms with van der Waals surface area (Å²) in [5, 5.41) is 0.988. The smallest absolute Gasteiger partial charge is 0.279 e. The van der Waals surface area contributed by atoms with E-state index in [0.717, 1.165) is 10.2 Å². The minimum Gasteiger partial charge on any atom is -0.311 e. The lowest BCUT2D eigenvalue weighted by Crippen LogP contribution is -2.16. The van der Waals surface area contributed by atoms with Gasteiger partial charge in [-0.1, -0.05) is 40.6 Å². The highest BCUT2D eigenvalue weighted by atomic mass is 35.5. The number of allylic oxidation sites excluding steroid dienone is 1. The van der Waals surface area contributed by atoms with Crippen LogP contribution in [0, 0.1) is 5.82 Å². The molecule has 2 aromatic carbocycles. The van der Waals surface area contributed by atoms with Gasteiger partial charge in [0.15, 0.2) is 4.80 Å². The zero-order chi connectivity index (χ0) is 17.3. The van der Waals surface area contributed by atoms with Crippen LogP contribution in [0.2, 0.25) is 10.0 Å². The second-order valence-corrected chi connectivity index (χ2v) is 6.79. The molecule has 7 heteroatoms. The molecule has 0 saturated carbocycles. The Balaban J connectivity index is 2.19. The summed E-state index contributed by atoms with van der Waals surface area (Å²) < 4.78 is 15.6. The van der Waals surface area contributed by atoms with E-state index in [9.17, 15) is 9.18 Å². The summed E-state index contributed by atoms with van der Waals surface area (Å²) in [6.07, 6.45) is 1.69. The molecule has 0 N–H and O–H groups in total. The summed E-state index contributed by atoms with van der Waals surface area (Å²) in [6.45, 7) is 4.17. The first kappa shape index (κ1) is 16.9. The third-order valence-corrected chi connectivity index (χ3v) is 4.83. The van der Waals surface area contributed by atoms with Gasteiger partial charge in [0.1, 0.15) is 5.82 Å². The lowest BCUT2D eigenvalue weighted by atomic mass is 10.2. The number of nitrogens with zero attached hydrogens (tertiary/aromatic N) is 2. The lowest BCUT2D eigenvalue weighted by Gasteiger charge is -2.03. The van der Waals surface area contributed by atoms with Crippen molar-refractivity contribution in [1.29, 1.82) is 0 Å². The number of benzene rings is 2. The molecule has 1 aromatic heterocycles. The predicted molar refractivity (Wildman–Crippen MR) is 96.3 cm³/mol. The highest BCUT2D eigenvalue weighted by molar-refractivity contribution is 7.16. The summed E-state index contributed by atoms with van der Waals surface area (Å²) in [5.41, 5.74) is 1.06. The van der Waals surface area contributed by atoms with Gasteiger partial charge in [-0.15, -0.1) is 6.58 Å². The van der Waals surface area contributed by atoms with E-state index in [-0.39, 0.29) is 0 Å². The molecule has 0 aliphatic heterocycles. The Morgan fingerprint density at radius 3 is 2.67 bits per heavy atom. The van der Waals surface area contributed by atoms with E-state index < -0.39 is 11.7 Å². The van der Waals surface area contributed by atoms with Crippen molar-refractivity contribution in [2.75, 3.05) is 0 Å². The standard InChI is InChI=1S/C17H11Cl2FN2OS/c1-2-7-22-15-13(19)8-11(18)9-14(15)24-17(22)21-16(23)10-3-5-12(20)6-4-10/h2-6,8-9H,1,7H2. The summed E-state index contributed by atoms with van der Waals surface area (Å²) in [7, 11) is 0.